The van der Waals surface area contributed by atoms with E-state index in [9.17, 15) is 9.59 Å². The molecule has 46 heavy (non-hydrogen) atoms. The molecule has 0 saturated heterocycles. The summed E-state index contributed by atoms with van der Waals surface area (Å²) in [6.45, 7) is 19.8. The number of thiol groups is 1. The number of alkyl halides is 1. The Kier molecular flexibility index (Phi) is 16.9. The number of rotatable bonds is 10. The molecule has 0 saturated carbocycles. The minimum atomic E-state index is -0.370. The topological polar surface area (TPSA) is 117 Å². The van der Waals surface area contributed by atoms with Crippen LogP contribution in [0.25, 0.3) is 20.0 Å². The van der Waals surface area contributed by atoms with Crippen molar-refractivity contribution in [1.29, 1.82) is 0 Å². The van der Waals surface area contributed by atoms with E-state index in [1.165, 1.54) is 11.3 Å². The van der Waals surface area contributed by atoms with Gasteiger partial charge in [-0.3, -0.25) is 0 Å². The number of aryl methyl sites for hydroxylation is 2. The van der Waals surface area contributed by atoms with Crippen LogP contribution in [0, 0.1) is 25.7 Å². The fourth-order valence-corrected chi connectivity index (χ4v) is 8.16. The molecule has 0 spiro atoms. The van der Waals surface area contributed by atoms with E-state index < -0.39 is 0 Å². The Labute approximate surface area is 302 Å². The van der Waals surface area contributed by atoms with Crippen molar-refractivity contribution in [1.82, 2.24) is 19.9 Å². The van der Waals surface area contributed by atoms with Gasteiger partial charge in [-0.05, 0) is 59.8 Å². The van der Waals surface area contributed by atoms with Gasteiger partial charge in [0, 0.05) is 27.0 Å². The Morgan fingerprint density at radius 3 is 1.63 bits per heavy atom. The Balaban J connectivity index is 0.000000295. The summed E-state index contributed by atoms with van der Waals surface area (Å²) in [5.74, 6) is 0.0983. The Morgan fingerprint density at radius 1 is 0.804 bits per heavy atom. The normalized spacial score (nSPS) is 11.6. The van der Waals surface area contributed by atoms with Gasteiger partial charge in [-0.25, -0.2) is 29.5 Å². The van der Waals surface area contributed by atoms with Gasteiger partial charge in [0.15, 0.2) is 31.4 Å². The molecule has 4 rings (SSSR count). The maximum atomic E-state index is 12.3. The number of aromatic nitrogens is 4. The molecule has 0 amide bonds. The summed E-state index contributed by atoms with van der Waals surface area (Å²) in [5, 5.41) is 3.29. The van der Waals surface area contributed by atoms with Crippen LogP contribution >= 0.6 is 74.1 Å². The average molecular weight is 786 g/mol. The van der Waals surface area contributed by atoms with Crippen molar-refractivity contribution in [2.45, 2.75) is 92.7 Å². The van der Waals surface area contributed by atoms with Crippen molar-refractivity contribution >= 4 is 93.7 Å². The molecule has 4 aromatic rings. The van der Waals surface area contributed by atoms with Crippen LogP contribution in [0.15, 0.2) is 16.7 Å². The van der Waals surface area contributed by atoms with Crippen LogP contribution in [-0.2, 0) is 15.9 Å². The molecule has 16 heteroatoms. The van der Waals surface area contributed by atoms with Crippen LogP contribution in [0.4, 0.5) is 0 Å². The van der Waals surface area contributed by atoms with E-state index in [0.29, 0.717) is 23.2 Å². The number of thiazole rings is 4. The molecule has 4 aromatic heterocycles. The maximum absolute atomic E-state index is 12.3. The van der Waals surface area contributed by atoms with Crippen LogP contribution in [0.1, 0.15) is 101 Å². The summed E-state index contributed by atoms with van der Waals surface area (Å²) < 4.78 is 13.3. The first-order valence-electron chi connectivity index (χ1n) is 14.5. The fourth-order valence-electron chi connectivity index (χ4n) is 3.62. The van der Waals surface area contributed by atoms with Crippen LogP contribution in [0.3, 0.4) is 0 Å². The second-order valence-electron chi connectivity index (χ2n) is 11.3. The van der Waals surface area contributed by atoms with Crippen molar-refractivity contribution in [2.24, 2.45) is 16.1 Å². The monoisotopic (exact) mass is 784 g/mol. The quantitative estimate of drug-likeness (QED) is 0.0732. The summed E-state index contributed by atoms with van der Waals surface area (Å²) >= 11 is 13.1. The molecule has 0 aliphatic carbocycles. The first-order chi connectivity index (χ1) is 21.6. The number of nitrogens with zero attached hydrogens (tertiary/aromatic N) is 5. The van der Waals surface area contributed by atoms with Crippen LogP contribution in [0.2, 0.25) is 0 Å². The van der Waals surface area contributed by atoms with Gasteiger partial charge in [0.2, 0.25) is 0 Å². The first-order valence-corrected chi connectivity index (χ1v) is 19.1. The minimum absolute atomic E-state index is 0.0644. The van der Waals surface area contributed by atoms with Gasteiger partial charge >= 0.3 is 36.7 Å². The van der Waals surface area contributed by atoms with E-state index in [1.807, 2.05) is 53.9 Å². The zero-order valence-electron chi connectivity index (χ0n) is 27.7. The zero-order valence-corrected chi connectivity index (χ0v) is 33.4. The molecule has 0 bridgehead atoms. The molecule has 1 unspecified atom stereocenters. The Hall–Kier alpha value is -1.85. The third kappa shape index (κ3) is 12.3. The second kappa shape index (κ2) is 19.2. The van der Waals surface area contributed by atoms with Crippen molar-refractivity contribution in [2.75, 3.05) is 0 Å². The second-order valence-corrected chi connectivity index (χ2v) is 17.1. The van der Waals surface area contributed by atoms with Crippen LogP contribution < -0.4 is 0 Å². The van der Waals surface area contributed by atoms with E-state index in [0.717, 1.165) is 46.0 Å². The Morgan fingerprint density at radius 2 is 1.24 bits per heavy atom. The van der Waals surface area contributed by atoms with Crippen molar-refractivity contribution in [3.05, 3.63) is 43.3 Å². The summed E-state index contributed by atoms with van der Waals surface area (Å²) in [5.41, 5.74) is 0.849. The standard InChI is InChI=1S/C15H19BrN2O2S2.C15H20N2O2S2.BHNS/c1-7(2)10(16)12-11(15(19)20-8(3)4)18-14(22-12)13-17-6-9(5)21-13;1-8(2)6-11-12(15(18)19-9(3)4)17-14(21-11)13-16-7-10(5)20-13;1-2-3/h6-8,10H,1-5H3;7-9H,6H2,1-5H3;3H. The molecule has 249 valence electrons. The number of halogens is 1. The predicted molar refractivity (Wildman–Crippen MR) is 199 cm³/mol. The summed E-state index contributed by atoms with van der Waals surface area (Å²) in [6, 6.07) is 0. The molecule has 9 nitrogen and oxygen atoms in total. The molecule has 0 aromatic carbocycles. The van der Waals surface area contributed by atoms with Crippen molar-refractivity contribution in [3.63, 3.8) is 0 Å². The van der Waals surface area contributed by atoms with Crippen molar-refractivity contribution in [3.8, 4) is 20.0 Å². The van der Waals surface area contributed by atoms with Gasteiger partial charge < -0.3 is 9.47 Å². The Bertz CT molecular complexity index is 1580. The van der Waals surface area contributed by atoms with Gasteiger partial charge in [-0.1, -0.05) is 43.6 Å². The molecule has 4 heterocycles. The molecule has 0 aliphatic rings. The summed E-state index contributed by atoms with van der Waals surface area (Å²) in [7, 11) is 4.34. The van der Waals surface area contributed by atoms with Gasteiger partial charge in [-0.2, -0.15) is 0 Å². The van der Waals surface area contributed by atoms with Gasteiger partial charge in [0.05, 0.1) is 21.9 Å². The van der Waals surface area contributed by atoms with Crippen LogP contribution in [0.5, 0.6) is 0 Å². The van der Waals surface area contributed by atoms with Crippen molar-refractivity contribution < 1.29 is 19.1 Å². The molecule has 0 N–H and O–H groups in total. The zero-order chi connectivity index (χ0) is 34.7. The summed E-state index contributed by atoms with van der Waals surface area (Å²) in [4.78, 5) is 46.5. The number of carbonyl (C=O) groups excluding carboxylic acids is 2. The fraction of sp³-hybridized carbons (Fsp3) is 0.533. The molecule has 0 aliphatic heterocycles. The average Bonchev–Trinajstić information content (AvgIpc) is 3.74. The molecule has 1 atom stereocenters. The van der Waals surface area contributed by atoms with E-state index in [2.05, 4.69) is 88.3 Å². The van der Waals surface area contributed by atoms with E-state index in [4.69, 9.17) is 9.47 Å². The predicted octanol–water partition coefficient (Wildman–Crippen LogP) is 9.75. The third-order valence-corrected chi connectivity index (χ3v) is 11.6. The molecule has 1 radical (unpaired) electrons. The van der Waals surface area contributed by atoms with E-state index in [1.54, 1.807) is 34.0 Å². The molecular weight excluding hydrogens is 745 g/mol. The summed E-state index contributed by atoms with van der Waals surface area (Å²) in [6.07, 6.45) is 4.17. The van der Waals surface area contributed by atoms with Gasteiger partial charge in [0.25, 0.3) is 0 Å². The number of hydrogen-bond acceptors (Lipinski definition) is 14. The van der Waals surface area contributed by atoms with Gasteiger partial charge in [0.1, 0.15) is 0 Å². The molecular formula is C30H40BBrN5O4S5. The number of carbonyl (C=O) groups is 2. The number of esters is 2. The van der Waals surface area contributed by atoms with E-state index in [-0.39, 0.29) is 29.0 Å². The van der Waals surface area contributed by atoms with E-state index >= 15 is 0 Å². The molecule has 0 fully saturated rings. The van der Waals surface area contributed by atoms with Crippen LogP contribution in [-0.4, -0.2) is 51.7 Å². The number of ether oxygens (including phenoxy) is 2. The third-order valence-electron chi connectivity index (χ3n) is 5.46. The number of hydrogen-bond donors (Lipinski definition) is 1. The first kappa shape index (κ1) is 40.3. The SMILES string of the molecule is Cc1cnc(-c2nc(C(=O)OC(C)C)c(C(Br)C(C)C)s2)s1.Cc1cnc(-c2nc(C(=O)OC(C)C)c(CC(C)C)s2)s1.[B]=NS. The van der Waals surface area contributed by atoms with Gasteiger partial charge in [-0.15, -0.1) is 45.3 Å².